The van der Waals surface area contributed by atoms with Crippen LogP contribution in [0.2, 0.25) is 0 Å². The van der Waals surface area contributed by atoms with Crippen molar-refractivity contribution >= 4 is 13.2 Å². The van der Waals surface area contributed by atoms with Crippen LogP contribution in [0.25, 0.3) is 17.3 Å². The normalized spacial score (nSPS) is 19.7. The van der Waals surface area contributed by atoms with Crippen molar-refractivity contribution in [2.45, 2.75) is 38.9 Å². The van der Waals surface area contributed by atoms with Crippen LogP contribution in [0.15, 0.2) is 42.0 Å². The number of hydrogen-bond donors (Lipinski definition) is 2. The number of benzene rings is 1. The second-order valence-corrected chi connectivity index (χ2v) is 7.03. The van der Waals surface area contributed by atoms with Gasteiger partial charge in [0.15, 0.2) is 0 Å². The van der Waals surface area contributed by atoms with Crippen LogP contribution in [-0.4, -0.2) is 40.2 Å². The van der Waals surface area contributed by atoms with E-state index in [1.807, 2.05) is 64.1 Å². The lowest BCUT2D eigenvalue weighted by Gasteiger charge is -2.32. The van der Waals surface area contributed by atoms with Crippen molar-refractivity contribution in [3.8, 4) is 11.3 Å². The molecule has 0 radical (unpaired) electrons. The SMILES string of the molecule is CC1(C)OB(C(=Cc2cn[nH]c2-c2ccccc2)CO)OC1(C)C. The average Bonchev–Trinajstić information content (AvgIpc) is 3.08. The molecule has 0 spiro atoms. The van der Waals surface area contributed by atoms with Gasteiger partial charge in [-0.1, -0.05) is 36.4 Å². The van der Waals surface area contributed by atoms with E-state index in [2.05, 4.69) is 10.2 Å². The van der Waals surface area contributed by atoms with Crippen LogP contribution < -0.4 is 0 Å². The third kappa shape index (κ3) is 3.05. The van der Waals surface area contributed by atoms with Gasteiger partial charge in [-0.2, -0.15) is 5.10 Å². The van der Waals surface area contributed by atoms with E-state index in [-0.39, 0.29) is 6.61 Å². The molecule has 3 rings (SSSR count). The van der Waals surface area contributed by atoms with Gasteiger partial charge in [-0.15, -0.1) is 0 Å². The lowest BCUT2D eigenvalue weighted by Crippen LogP contribution is -2.41. The highest BCUT2D eigenvalue weighted by Crippen LogP contribution is 2.39. The number of nitrogens with zero attached hydrogens (tertiary/aromatic N) is 1. The smallest absolute Gasteiger partial charge is 0.400 e. The average molecular weight is 326 g/mol. The Kier molecular flexibility index (Phi) is 4.38. The van der Waals surface area contributed by atoms with Gasteiger partial charge in [0, 0.05) is 11.1 Å². The number of hydrogen-bond acceptors (Lipinski definition) is 4. The molecular weight excluding hydrogens is 303 g/mol. The van der Waals surface area contributed by atoms with Crippen molar-refractivity contribution in [2.24, 2.45) is 0 Å². The molecule has 1 aromatic heterocycles. The molecule has 1 aliphatic rings. The number of aromatic amines is 1. The number of rotatable bonds is 4. The zero-order valence-electron chi connectivity index (χ0n) is 14.5. The van der Waals surface area contributed by atoms with Crippen molar-refractivity contribution in [3.63, 3.8) is 0 Å². The first kappa shape index (κ1) is 17.0. The summed E-state index contributed by atoms with van der Waals surface area (Å²) >= 11 is 0. The molecule has 5 nitrogen and oxygen atoms in total. The molecule has 6 heteroatoms. The molecule has 1 aromatic carbocycles. The summed E-state index contributed by atoms with van der Waals surface area (Å²) in [6.07, 6.45) is 3.62. The van der Waals surface area contributed by atoms with Crippen molar-refractivity contribution in [2.75, 3.05) is 6.61 Å². The van der Waals surface area contributed by atoms with Crippen molar-refractivity contribution < 1.29 is 14.4 Å². The Labute approximate surface area is 142 Å². The zero-order valence-corrected chi connectivity index (χ0v) is 14.5. The highest BCUT2D eigenvalue weighted by Gasteiger charge is 2.52. The first-order valence-corrected chi connectivity index (χ1v) is 8.10. The predicted molar refractivity (Wildman–Crippen MR) is 95.2 cm³/mol. The molecule has 1 saturated heterocycles. The summed E-state index contributed by atoms with van der Waals surface area (Å²) in [5.41, 5.74) is 2.62. The fourth-order valence-corrected chi connectivity index (χ4v) is 2.62. The Morgan fingerprint density at radius 3 is 2.38 bits per heavy atom. The monoisotopic (exact) mass is 326 g/mol. The van der Waals surface area contributed by atoms with Crippen molar-refractivity contribution in [3.05, 3.63) is 47.6 Å². The van der Waals surface area contributed by atoms with Crippen LogP contribution in [0, 0.1) is 0 Å². The standard InChI is InChI=1S/C18H23BN2O3/c1-17(2)18(3,4)24-19(23-17)15(12-22)10-14-11-20-21-16(14)13-8-6-5-7-9-13/h5-11,22H,12H2,1-4H3,(H,20,21). The topological polar surface area (TPSA) is 67.4 Å². The minimum atomic E-state index is -0.571. The minimum absolute atomic E-state index is 0.143. The van der Waals surface area contributed by atoms with Crippen LogP contribution in [0.5, 0.6) is 0 Å². The Hall–Kier alpha value is -1.89. The van der Waals surface area contributed by atoms with E-state index in [4.69, 9.17) is 9.31 Å². The molecule has 1 aliphatic heterocycles. The molecule has 2 N–H and O–H groups in total. The summed E-state index contributed by atoms with van der Waals surface area (Å²) in [5, 5.41) is 17.0. The Bertz CT molecular complexity index is 722. The number of nitrogens with one attached hydrogen (secondary N) is 1. The molecule has 0 atom stereocenters. The molecule has 0 amide bonds. The lowest BCUT2D eigenvalue weighted by atomic mass is 9.77. The van der Waals surface area contributed by atoms with Crippen LogP contribution in [0.4, 0.5) is 0 Å². The molecule has 1 fully saturated rings. The van der Waals surface area contributed by atoms with E-state index in [0.717, 1.165) is 16.8 Å². The van der Waals surface area contributed by atoms with Crippen LogP contribution in [-0.2, 0) is 9.31 Å². The summed E-state index contributed by atoms with van der Waals surface area (Å²) in [4.78, 5) is 0. The van der Waals surface area contributed by atoms with Gasteiger partial charge in [0.25, 0.3) is 0 Å². The van der Waals surface area contributed by atoms with Gasteiger partial charge in [0.1, 0.15) is 0 Å². The van der Waals surface area contributed by atoms with Gasteiger partial charge in [0.2, 0.25) is 0 Å². The largest absolute Gasteiger partial charge is 0.492 e. The molecule has 2 aromatic rings. The van der Waals surface area contributed by atoms with Crippen molar-refractivity contribution in [1.82, 2.24) is 10.2 Å². The van der Waals surface area contributed by atoms with Crippen molar-refractivity contribution in [1.29, 1.82) is 0 Å². The first-order valence-electron chi connectivity index (χ1n) is 8.10. The fourth-order valence-electron chi connectivity index (χ4n) is 2.62. The summed E-state index contributed by atoms with van der Waals surface area (Å²) < 4.78 is 12.1. The fraction of sp³-hybridized carbons (Fsp3) is 0.389. The van der Waals surface area contributed by atoms with Crippen LogP contribution in [0.3, 0.4) is 0 Å². The third-order valence-corrected chi connectivity index (χ3v) is 4.81. The van der Waals surface area contributed by atoms with E-state index < -0.39 is 18.3 Å². The summed E-state index contributed by atoms with van der Waals surface area (Å²) in [5.74, 6) is 0. The van der Waals surface area contributed by atoms with E-state index in [1.54, 1.807) is 6.20 Å². The number of aliphatic hydroxyl groups is 1. The Balaban J connectivity index is 1.92. The number of H-pyrrole nitrogens is 1. The molecular formula is C18H23BN2O3. The summed E-state index contributed by atoms with van der Waals surface area (Å²) in [6, 6.07) is 9.95. The first-order chi connectivity index (χ1) is 11.3. The van der Waals surface area contributed by atoms with Gasteiger partial charge in [-0.25, -0.2) is 0 Å². The highest BCUT2D eigenvalue weighted by atomic mass is 16.7. The highest BCUT2D eigenvalue weighted by molar-refractivity contribution is 6.55. The number of aromatic nitrogens is 2. The van der Waals surface area contributed by atoms with Gasteiger partial charge in [-0.05, 0) is 33.2 Å². The number of aliphatic hydroxyl groups excluding tert-OH is 1. The molecule has 24 heavy (non-hydrogen) atoms. The van der Waals surface area contributed by atoms with E-state index in [1.165, 1.54) is 0 Å². The minimum Gasteiger partial charge on any atom is -0.400 e. The third-order valence-electron chi connectivity index (χ3n) is 4.81. The predicted octanol–water partition coefficient (Wildman–Crippen LogP) is 3.08. The van der Waals surface area contributed by atoms with Gasteiger partial charge in [0.05, 0.1) is 29.7 Å². The molecule has 2 heterocycles. The maximum absolute atomic E-state index is 9.83. The molecule has 0 unspecified atom stereocenters. The van der Waals surface area contributed by atoms with Gasteiger partial charge in [-0.3, -0.25) is 5.10 Å². The zero-order chi connectivity index (χ0) is 17.4. The van der Waals surface area contributed by atoms with E-state index in [0.29, 0.717) is 5.47 Å². The van der Waals surface area contributed by atoms with E-state index >= 15 is 0 Å². The lowest BCUT2D eigenvalue weighted by molar-refractivity contribution is 0.00578. The molecule has 126 valence electrons. The van der Waals surface area contributed by atoms with E-state index in [9.17, 15) is 5.11 Å². The Morgan fingerprint density at radius 1 is 1.17 bits per heavy atom. The van der Waals surface area contributed by atoms with Gasteiger partial charge >= 0.3 is 7.12 Å². The second kappa shape index (κ2) is 6.20. The Morgan fingerprint density at radius 2 is 1.79 bits per heavy atom. The maximum atomic E-state index is 9.83. The molecule has 0 bridgehead atoms. The molecule has 0 saturated carbocycles. The summed E-state index contributed by atoms with van der Waals surface area (Å²) in [7, 11) is -0.571. The molecule has 0 aliphatic carbocycles. The van der Waals surface area contributed by atoms with Gasteiger partial charge < -0.3 is 14.4 Å². The second-order valence-electron chi connectivity index (χ2n) is 7.03. The summed E-state index contributed by atoms with van der Waals surface area (Å²) in [6.45, 7) is 7.84. The van der Waals surface area contributed by atoms with Crippen LogP contribution >= 0.6 is 0 Å². The van der Waals surface area contributed by atoms with Crippen LogP contribution in [0.1, 0.15) is 33.3 Å². The maximum Gasteiger partial charge on any atom is 0.492 e. The quantitative estimate of drug-likeness (QED) is 0.848.